The number of hydrogen-bond acceptors (Lipinski definition) is 2. The number of fused-ring (bicyclic) bond motifs is 1. The maximum absolute atomic E-state index is 5.14. The van der Waals surface area contributed by atoms with Crippen LogP contribution in [0.25, 0.3) is 10.8 Å². The first-order chi connectivity index (χ1) is 7.52. The standard InChI is InChI=1S/C14H17NO/c1-14(2,3)12-7-5-6-10-8-13(16-4)15-9-11(10)12/h5-9H,1-4H3. The number of rotatable bonds is 1. The van der Waals surface area contributed by atoms with Crippen molar-refractivity contribution >= 4 is 10.8 Å². The first-order valence-electron chi connectivity index (χ1n) is 5.45. The van der Waals surface area contributed by atoms with E-state index < -0.39 is 0 Å². The lowest BCUT2D eigenvalue weighted by Gasteiger charge is -2.21. The van der Waals surface area contributed by atoms with Gasteiger partial charge in [-0.15, -0.1) is 0 Å². The molecule has 0 unspecified atom stereocenters. The molecule has 0 N–H and O–H groups in total. The van der Waals surface area contributed by atoms with Crippen LogP contribution in [0.2, 0.25) is 0 Å². The lowest BCUT2D eigenvalue weighted by molar-refractivity contribution is 0.398. The van der Waals surface area contributed by atoms with Crippen molar-refractivity contribution in [3.8, 4) is 5.88 Å². The van der Waals surface area contributed by atoms with Gasteiger partial charge in [-0.3, -0.25) is 0 Å². The molecule has 0 aliphatic heterocycles. The van der Waals surface area contributed by atoms with E-state index in [0.717, 1.165) is 0 Å². The second kappa shape index (κ2) is 3.78. The number of ether oxygens (including phenoxy) is 1. The fourth-order valence-corrected chi connectivity index (χ4v) is 1.92. The quantitative estimate of drug-likeness (QED) is 0.726. The average Bonchev–Trinajstić information content (AvgIpc) is 2.26. The van der Waals surface area contributed by atoms with Crippen LogP contribution in [0.1, 0.15) is 26.3 Å². The van der Waals surface area contributed by atoms with Crippen LogP contribution in [-0.4, -0.2) is 12.1 Å². The Kier molecular flexibility index (Phi) is 2.58. The fourth-order valence-electron chi connectivity index (χ4n) is 1.92. The predicted molar refractivity (Wildman–Crippen MR) is 67.0 cm³/mol. The summed E-state index contributed by atoms with van der Waals surface area (Å²) in [6.45, 7) is 6.64. The summed E-state index contributed by atoms with van der Waals surface area (Å²) in [6.07, 6.45) is 1.90. The van der Waals surface area contributed by atoms with Gasteiger partial charge in [0, 0.05) is 17.6 Å². The second-order valence-electron chi connectivity index (χ2n) is 5.00. The minimum atomic E-state index is 0.135. The Bertz CT molecular complexity index is 512. The van der Waals surface area contributed by atoms with E-state index in [0.29, 0.717) is 5.88 Å². The molecule has 0 fully saturated rings. The molecule has 0 radical (unpaired) electrons. The highest BCUT2D eigenvalue weighted by Gasteiger charge is 2.16. The first-order valence-corrected chi connectivity index (χ1v) is 5.45. The second-order valence-corrected chi connectivity index (χ2v) is 5.00. The van der Waals surface area contributed by atoms with Crippen molar-refractivity contribution in [2.75, 3.05) is 7.11 Å². The van der Waals surface area contributed by atoms with E-state index in [2.05, 4.69) is 44.0 Å². The van der Waals surface area contributed by atoms with Crippen LogP contribution in [0.3, 0.4) is 0 Å². The van der Waals surface area contributed by atoms with Crippen molar-refractivity contribution in [2.45, 2.75) is 26.2 Å². The SMILES string of the molecule is COc1cc2cccc(C(C)(C)C)c2cn1. The molecular formula is C14H17NO. The van der Waals surface area contributed by atoms with Crippen LogP contribution in [0, 0.1) is 0 Å². The van der Waals surface area contributed by atoms with Crippen LogP contribution < -0.4 is 4.74 Å². The van der Waals surface area contributed by atoms with Gasteiger partial charge >= 0.3 is 0 Å². The number of nitrogens with zero attached hydrogens (tertiary/aromatic N) is 1. The van der Waals surface area contributed by atoms with Gasteiger partial charge in [0.1, 0.15) is 0 Å². The molecule has 16 heavy (non-hydrogen) atoms. The molecule has 0 saturated heterocycles. The fraction of sp³-hybridized carbons (Fsp3) is 0.357. The normalized spacial score (nSPS) is 11.8. The van der Waals surface area contributed by atoms with E-state index in [1.807, 2.05) is 12.3 Å². The molecule has 2 aromatic rings. The van der Waals surface area contributed by atoms with Crippen molar-refractivity contribution in [1.82, 2.24) is 4.98 Å². The summed E-state index contributed by atoms with van der Waals surface area (Å²) in [5.74, 6) is 0.665. The zero-order valence-corrected chi connectivity index (χ0v) is 10.2. The molecule has 0 bridgehead atoms. The van der Waals surface area contributed by atoms with Gasteiger partial charge in [-0.05, 0) is 16.4 Å². The Morgan fingerprint density at radius 3 is 2.56 bits per heavy atom. The van der Waals surface area contributed by atoms with Crippen LogP contribution in [0.15, 0.2) is 30.5 Å². The van der Waals surface area contributed by atoms with E-state index >= 15 is 0 Å². The van der Waals surface area contributed by atoms with Gasteiger partial charge in [-0.25, -0.2) is 4.98 Å². The number of benzene rings is 1. The van der Waals surface area contributed by atoms with Crippen molar-refractivity contribution in [2.24, 2.45) is 0 Å². The monoisotopic (exact) mass is 215 g/mol. The lowest BCUT2D eigenvalue weighted by Crippen LogP contribution is -2.11. The van der Waals surface area contributed by atoms with E-state index in [4.69, 9.17) is 4.74 Å². The maximum atomic E-state index is 5.14. The first kappa shape index (κ1) is 10.9. The minimum Gasteiger partial charge on any atom is -0.481 e. The van der Waals surface area contributed by atoms with Crippen LogP contribution in [-0.2, 0) is 5.41 Å². The predicted octanol–water partition coefficient (Wildman–Crippen LogP) is 3.54. The highest BCUT2D eigenvalue weighted by molar-refractivity contribution is 5.86. The Hall–Kier alpha value is -1.57. The van der Waals surface area contributed by atoms with Gasteiger partial charge < -0.3 is 4.74 Å². The average molecular weight is 215 g/mol. The molecule has 0 aliphatic carbocycles. The lowest BCUT2D eigenvalue weighted by atomic mass is 9.84. The Morgan fingerprint density at radius 1 is 1.19 bits per heavy atom. The van der Waals surface area contributed by atoms with Crippen LogP contribution in [0.4, 0.5) is 0 Å². The van der Waals surface area contributed by atoms with Crippen molar-refractivity contribution in [3.05, 3.63) is 36.0 Å². The van der Waals surface area contributed by atoms with Gasteiger partial charge in [-0.2, -0.15) is 0 Å². The van der Waals surface area contributed by atoms with Gasteiger partial charge in [0.05, 0.1) is 7.11 Å². The largest absolute Gasteiger partial charge is 0.481 e. The molecule has 2 rings (SSSR count). The van der Waals surface area contributed by atoms with E-state index in [1.54, 1.807) is 7.11 Å². The molecule has 0 amide bonds. The summed E-state index contributed by atoms with van der Waals surface area (Å²) in [6, 6.07) is 8.32. The van der Waals surface area contributed by atoms with E-state index in [9.17, 15) is 0 Å². The maximum Gasteiger partial charge on any atom is 0.213 e. The number of pyridine rings is 1. The third-order valence-electron chi connectivity index (χ3n) is 2.76. The van der Waals surface area contributed by atoms with Gasteiger partial charge in [-0.1, -0.05) is 39.0 Å². The smallest absolute Gasteiger partial charge is 0.213 e. The van der Waals surface area contributed by atoms with Gasteiger partial charge in [0.15, 0.2) is 0 Å². The Balaban J connectivity index is 2.70. The Labute approximate surface area is 96.3 Å². The molecule has 0 aliphatic rings. The molecule has 2 nitrogen and oxygen atoms in total. The zero-order valence-electron chi connectivity index (χ0n) is 10.2. The summed E-state index contributed by atoms with van der Waals surface area (Å²) in [4.78, 5) is 4.28. The molecule has 1 heterocycles. The third kappa shape index (κ3) is 1.87. The third-order valence-corrected chi connectivity index (χ3v) is 2.76. The summed E-state index contributed by atoms with van der Waals surface area (Å²) in [5.41, 5.74) is 1.45. The highest BCUT2D eigenvalue weighted by atomic mass is 16.5. The summed E-state index contributed by atoms with van der Waals surface area (Å²) >= 11 is 0. The summed E-state index contributed by atoms with van der Waals surface area (Å²) < 4.78 is 5.14. The molecule has 84 valence electrons. The van der Waals surface area contributed by atoms with Gasteiger partial charge in [0.25, 0.3) is 0 Å². The molecule has 1 aromatic carbocycles. The summed E-state index contributed by atoms with van der Waals surface area (Å²) in [7, 11) is 1.64. The number of methoxy groups -OCH3 is 1. The molecular weight excluding hydrogens is 198 g/mol. The molecule has 0 saturated carbocycles. The van der Waals surface area contributed by atoms with E-state index in [1.165, 1.54) is 16.3 Å². The zero-order chi connectivity index (χ0) is 11.8. The molecule has 0 atom stereocenters. The van der Waals surface area contributed by atoms with Crippen molar-refractivity contribution in [3.63, 3.8) is 0 Å². The summed E-state index contributed by atoms with van der Waals surface area (Å²) in [5, 5.41) is 2.38. The van der Waals surface area contributed by atoms with Crippen molar-refractivity contribution < 1.29 is 4.74 Å². The topological polar surface area (TPSA) is 22.1 Å². The van der Waals surface area contributed by atoms with E-state index in [-0.39, 0.29) is 5.41 Å². The minimum absolute atomic E-state index is 0.135. The number of hydrogen-bond donors (Lipinski definition) is 0. The van der Waals surface area contributed by atoms with Crippen LogP contribution in [0.5, 0.6) is 5.88 Å². The number of aromatic nitrogens is 1. The Morgan fingerprint density at radius 2 is 1.94 bits per heavy atom. The molecule has 1 aromatic heterocycles. The van der Waals surface area contributed by atoms with Gasteiger partial charge in [0.2, 0.25) is 5.88 Å². The van der Waals surface area contributed by atoms with Crippen molar-refractivity contribution in [1.29, 1.82) is 0 Å². The molecule has 0 spiro atoms. The highest BCUT2D eigenvalue weighted by Crippen LogP contribution is 2.30. The molecule has 2 heteroatoms. The van der Waals surface area contributed by atoms with Crippen LogP contribution >= 0.6 is 0 Å².